The van der Waals surface area contributed by atoms with Crippen LogP contribution >= 0.6 is 0 Å². The van der Waals surface area contributed by atoms with Crippen molar-refractivity contribution in [3.63, 3.8) is 0 Å². The fraction of sp³-hybridized carbons (Fsp3) is 0.500. The Morgan fingerprint density at radius 3 is 2.47 bits per heavy atom. The van der Waals surface area contributed by atoms with E-state index in [1.165, 1.54) is 6.92 Å². The van der Waals surface area contributed by atoms with Crippen LogP contribution in [-0.4, -0.2) is 59.2 Å². The van der Waals surface area contributed by atoms with Gasteiger partial charge in [-0.2, -0.15) is 0 Å². The van der Waals surface area contributed by atoms with E-state index in [9.17, 15) is 24.8 Å². The van der Waals surface area contributed by atoms with Crippen molar-refractivity contribution in [2.45, 2.75) is 44.4 Å². The van der Waals surface area contributed by atoms with Gasteiger partial charge in [0.15, 0.2) is 11.1 Å². The second-order valence-corrected chi connectivity index (χ2v) is 6.67. The van der Waals surface area contributed by atoms with Crippen LogP contribution < -0.4 is 27.4 Å². The quantitative estimate of drug-likeness (QED) is 0.0760. The molecule has 1 aromatic carbocycles. The lowest BCUT2D eigenvalue weighted by Crippen LogP contribution is -2.53. The van der Waals surface area contributed by atoms with E-state index >= 15 is 0 Å². The van der Waals surface area contributed by atoms with Crippen LogP contribution in [-0.2, 0) is 16.0 Å². The Labute approximate surface area is 174 Å². The third-order valence-corrected chi connectivity index (χ3v) is 4.13. The fourth-order valence-electron chi connectivity index (χ4n) is 2.55. The van der Waals surface area contributed by atoms with Crippen LogP contribution in [0, 0.1) is 10.1 Å². The Hall–Kier alpha value is -3.25. The van der Waals surface area contributed by atoms with Gasteiger partial charge in [0.2, 0.25) is 5.91 Å². The normalized spacial score (nSPS) is 14.3. The lowest BCUT2D eigenvalue weighted by Gasteiger charge is -2.24. The average Bonchev–Trinajstić information content (AvgIpc) is 2.69. The van der Waals surface area contributed by atoms with Crippen LogP contribution in [0.2, 0.25) is 0 Å². The summed E-state index contributed by atoms with van der Waals surface area (Å²) in [5, 5.41) is 30.3. The molecule has 1 aromatic rings. The monoisotopic (exact) mass is 423 g/mol. The highest BCUT2D eigenvalue weighted by Gasteiger charge is 2.27. The first kappa shape index (κ1) is 24.8. The first-order valence-corrected chi connectivity index (χ1v) is 9.48. The van der Waals surface area contributed by atoms with Crippen molar-refractivity contribution < 1.29 is 19.7 Å². The number of hydrogen-bond donors (Lipinski definition) is 6. The summed E-state index contributed by atoms with van der Waals surface area (Å²) in [5.74, 6) is -1.50. The minimum Gasteiger partial charge on any atom is -0.381 e. The first-order chi connectivity index (χ1) is 14.2. The van der Waals surface area contributed by atoms with Crippen molar-refractivity contribution >= 4 is 17.8 Å². The Bertz CT molecular complexity index is 727. The molecule has 2 amide bonds. The van der Waals surface area contributed by atoms with Gasteiger partial charge in [-0.1, -0.05) is 30.3 Å². The molecule has 0 aliphatic rings. The number of aliphatic hydroxyl groups is 1. The number of nitrogens with two attached hydrogens (primary N) is 2. The Kier molecular flexibility index (Phi) is 10.8. The summed E-state index contributed by atoms with van der Waals surface area (Å²) in [4.78, 5) is 34.5. The minimum atomic E-state index is -1.49. The molecule has 12 nitrogen and oxygen atoms in total. The number of amides is 2. The second kappa shape index (κ2) is 13.1. The van der Waals surface area contributed by atoms with E-state index in [-0.39, 0.29) is 18.9 Å². The molecule has 0 saturated carbocycles. The topological polar surface area (TPSA) is 198 Å². The number of carbonyl (C=O) groups is 2. The number of aliphatic hydroxyl groups excluding tert-OH is 1. The second-order valence-electron chi connectivity index (χ2n) is 6.67. The molecule has 1 rings (SSSR count). The third-order valence-electron chi connectivity index (χ3n) is 4.13. The number of hydrogen-bond acceptors (Lipinski definition) is 6. The van der Waals surface area contributed by atoms with Crippen molar-refractivity contribution in [3.8, 4) is 0 Å². The summed E-state index contributed by atoms with van der Waals surface area (Å²) in [6.07, 6.45) is -0.362. The highest BCUT2D eigenvalue weighted by molar-refractivity contribution is 5.84. The Morgan fingerprint density at radius 2 is 1.87 bits per heavy atom. The summed E-state index contributed by atoms with van der Waals surface area (Å²) in [7, 11) is 0. The standard InChI is InChI=1S/C18H29N7O5/c1-12(19)16(27)23-14(8-5-10-22-18(20)24-25(29)30)15(26)17(28)21-11-9-13-6-3-2-4-7-13/h2-4,6-7,12,14-15,26H,5,8-11,19H2,1H3,(H,21,28)(H,23,27)(H3,20,22,24)/t12-,14?,15?/m0/s1. The maximum absolute atomic E-state index is 12.3. The van der Waals surface area contributed by atoms with Crippen molar-refractivity contribution in [2.75, 3.05) is 13.1 Å². The van der Waals surface area contributed by atoms with Gasteiger partial charge in [-0.15, -0.1) is 0 Å². The highest BCUT2D eigenvalue weighted by atomic mass is 16.7. The Morgan fingerprint density at radius 1 is 1.20 bits per heavy atom. The molecule has 0 spiro atoms. The molecule has 0 radical (unpaired) electrons. The van der Waals surface area contributed by atoms with E-state index in [1.54, 1.807) is 0 Å². The maximum atomic E-state index is 12.3. The summed E-state index contributed by atoms with van der Waals surface area (Å²) >= 11 is 0. The van der Waals surface area contributed by atoms with Crippen molar-refractivity contribution in [1.29, 1.82) is 0 Å². The molecule has 3 atom stereocenters. The lowest BCUT2D eigenvalue weighted by atomic mass is 10.0. The van der Waals surface area contributed by atoms with Crippen LogP contribution in [0.15, 0.2) is 35.4 Å². The van der Waals surface area contributed by atoms with Gasteiger partial charge in [-0.25, -0.2) is 10.1 Å². The molecule has 0 heterocycles. The molecule has 0 bridgehead atoms. The predicted octanol–water partition coefficient (Wildman–Crippen LogP) is -1.59. The molecule has 2 unspecified atom stereocenters. The van der Waals surface area contributed by atoms with Crippen LogP contribution in [0.25, 0.3) is 0 Å². The Balaban J connectivity index is 2.57. The molecule has 0 fully saturated rings. The molecular formula is C18H29N7O5. The van der Waals surface area contributed by atoms with Gasteiger partial charge in [0.05, 0.1) is 12.1 Å². The van der Waals surface area contributed by atoms with E-state index in [1.807, 2.05) is 30.3 Å². The van der Waals surface area contributed by atoms with Crippen LogP contribution in [0.4, 0.5) is 0 Å². The van der Waals surface area contributed by atoms with Gasteiger partial charge in [-0.3, -0.25) is 9.59 Å². The minimum absolute atomic E-state index is 0.191. The summed E-state index contributed by atoms with van der Waals surface area (Å²) in [6.45, 7) is 1.99. The molecular weight excluding hydrogens is 394 g/mol. The molecule has 0 saturated heterocycles. The zero-order valence-electron chi connectivity index (χ0n) is 16.8. The van der Waals surface area contributed by atoms with Gasteiger partial charge >= 0.3 is 0 Å². The SMILES string of the molecule is C[C@H](N)C(=O)NC(CCCN/C(N)=N/[N+](=O)[O-])C(O)C(=O)NCCc1ccccc1. The van der Waals surface area contributed by atoms with Crippen LogP contribution in [0.1, 0.15) is 25.3 Å². The molecule has 166 valence electrons. The summed E-state index contributed by atoms with van der Waals surface area (Å²) in [5.41, 5.74) is 11.9. The number of nitro groups is 1. The molecule has 12 heteroatoms. The number of hydrazone groups is 1. The van der Waals surface area contributed by atoms with E-state index in [0.717, 1.165) is 5.56 Å². The van der Waals surface area contributed by atoms with Gasteiger partial charge in [0, 0.05) is 13.1 Å². The highest BCUT2D eigenvalue weighted by Crippen LogP contribution is 2.05. The zero-order valence-corrected chi connectivity index (χ0v) is 16.8. The molecule has 0 aliphatic carbocycles. The number of carbonyl (C=O) groups excluding carboxylic acids is 2. The smallest absolute Gasteiger partial charge is 0.266 e. The van der Waals surface area contributed by atoms with E-state index in [4.69, 9.17) is 11.5 Å². The maximum Gasteiger partial charge on any atom is 0.266 e. The molecule has 0 aliphatic heterocycles. The van der Waals surface area contributed by atoms with Gasteiger partial charge in [-0.05, 0) is 31.7 Å². The number of benzene rings is 1. The fourth-order valence-corrected chi connectivity index (χ4v) is 2.55. The largest absolute Gasteiger partial charge is 0.381 e. The number of guanidine groups is 1. The third kappa shape index (κ3) is 9.80. The molecule has 30 heavy (non-hydrogen) atoms. The first-order valence-electron chi connectivity index (χ1n) is 9.48. The van der Waals surface area contributed by atoms with Gasteiger partial charge < -0.3 is 32.5 Å². The number of rotatable bonds is 12. The van der Waals surface area contributed by atoms with Gasteiger partial charge in [0.1, 0.15) is 5.10 Å². The molecule has 0 aromatic heterocycles. The summed E-state index contributed by atoms with van der Waals surface area (Å²) in [6, 6.07) is 7.82. The zero-order chi connectivity index (χ0) is 22.5. The predicted molar refractivity (Wildman–Crippen MR) is 111 cm³/mol. The van der Waals surface area contributed by atoms with Crippen molar-refractivity contribution in [2.24, 2.45) is 16.6 Å². The number of nitrogens with zero attached hydrogens (tertiary/aromatic N) is 2. The van der Waals surface area contributed by atoms with Crippen LogP contribution in [0.5, 0.6) is 0 Å². The lowest BCUT2D eigenvalue weighted by molar-refractivity contribution is -0.485. The number of nitrogens with one attached hydrogen (secondary N) is 3. The van der Waals surface area contributed by atoms with E-state index in [2.05, 4.69) is 21.1 Å². The average molecular weight is 423 g/mol. The van der Waals surface area contributed by atoms with Gasteiger partial charge in [0.25, 0.3) is 11.9 Å². The summed E-state index contributed by atoms with van der Waals surface area (Å²) < 4.78 is 0. The van der Waals surface area contributed by atoms with Crippen LogP contribution in [0.3, 0.4) is 0 Å². The van der Waals surface area contributed by atoms with Crippen molar-refractivity contribution in [1.82, 2.24) is 16.0 Å². The van der Waals surface area contributed by atoms with E-state index < -0.39 is 35.0 Å². The van der Waals surface area contributed by atoms with Crippen molar-refractivity contribution in [3.05, 3.63) is 46.0 Å². The molecule has 8 N–H and O–H groups in total. The van der Waals surface area contributed by atoms with E-state index in [0.29, 0.717) is 19.4 Å².